The molecule has 1 aromatic rings. The molecule has 2 heterocycles. The normalized spacial score (nSPS) is 22.7. The van der Waals surface area contributed by atoms with Gasteiger partial charge in [0.1, 0.15) is 6.04 Å². The lowest BCUT2D eigenvalue weighted by Crippen LogP contribution is -2.58. The van der Waals surface area contributed by atoms with Crippen molar-refractivity contribution in [3.63, 3.8) is 0 Å². The molecule has 1 saturated heterocycles. The van der Waals surface area contributed by atoms with Crippen LogP contribution in [0.2, 0.25) is 0 Å². The molecule has 1 aromatic heterocycles. The number of hydrogen-bond donors (Lipinski definition) is 2. The number of aromatic nitrogens is 2. The molecule has 1 fully saturated rings. The van der Waals surface area contributed by atoms with Crippen LogP contribution in [0.3, 0.4) is 0 Å². The van der Waals surface area contributed by atoms with Crippen LogP contribution in [0.15, 0.2) is 12.3 Å². The molecule has 0 aliphatic carbocycles. The maximum absolute atomic E-state index is 11.9. The average molecular weight is 251 g/mol. The van der Waals surface area contributed by atoms with Crippen molar-refractivity contribution in [3.05, 3.63) is 18.0 Å². The van der Waals surface area contributed by atoms with Crippen LogP contribution in [-0.4, -0.2) is 53.3 Å². The Balaban J connectivity index is 2.18. The van der Waals surface area contributed by atoms with E-state index in [0.29, 0.717) is 6.54 Å². The van der Waals surface area contributed by atoms with Gasteiger partial charge in [-0.05, 0) is 13.0 Å². The Labute approximate surface area is 107 Å². The third-order valence-corrected chi connectivity index (χ3v) is 3.62. The zero-order chi connectivity index (χ0) is 13.1. The minimum absolute atomic E-state index is 0.0659. The molecule has 18 heavy (non-hydrogen) atoms. The second-order valence-electron chi connectivity index (χ2n) is 4.63. The van der Waals surface area contributed by atoms with Crippen LogP contribution in [0.1, 0.15) is 18.7 Å². The summed E-state index contributed by atoms with van der Waals surface area (Å²) in [6.07, 6.45) is 1.79. The molecule has 1 amide bonds. The number of nitrogens with zero attached hydrogens (tertiary/aromatic N) is 3. The van der Waals surface area contributed by atoms with Gasteiger partial charge in [-0.2, -0.15) is 5.10 Å². The van der Waals surface area contributed by atoms with Crippen LogP contribution in [0.4, 0.5) is 0 Å². The Morgan fingerprint density at radius 1 is 1.67 bits per heavy atom. The molecule has 1 aliphatic rings. The summed E-state index contributed by atoms with van der Waals surface area (Å²) < 4.78 is 1.87. The topological polar surface area (TPSA) is 62.2 Å². The van der Waals surface area contributed by atoms with Crippen LogP contribution in [0.5, 0.6) is 0 Å². The second kappa shape index (κ2) is 5.49. The number of likely N-dealkylation sites (N-methyl/N-ethyl adjacent to an activating group) is 1. The van der Waals surface area contributed by atoms with Crippen LogP contribution >= 0.6 is 0 Å². The lowest BCUT2D eigenvalue weighted by molar-refractivity contribution is -0.127. The lowest BCUT2D eigenvalue weighted by Gasteiger charge is -2.38. The molecule has 6 nitrogen and oxygen atoms in total. The third-order valence-electron chi connectivity index (χ3n) is 3.62. The van der Waals surface area contributed by atoms with Gasteiger partial charge in [0.25, 0.3) is 0 Å². The molecule has 0 aromatic carbocycles. The van der Waals surface area contributed by atoms with Crippen molar-refractivity contribution in [2.45, 2.75) is 19.0 Å². The zero-order valence-corrected chi connectivity index (χ0v) is 11.2. The van der Waals surface area contributed by atoms with Gasteiger partial charge < -0.3 is 10.6 Å². The molecule has 0 bridgehead atoms. The van der Waals surface area contributed by atoms with E-state index in [1.54, 1.807) is 13.2 Å². The predicted octanol–water partition coefficient (Wildman–Crippen LogP) is -0.499. The van der Waals surface area contributed by atoms with Crippen molar-refractivity contribution in [2.75, 3.05) is 26.7 Å². The Morgan fingerprint density at radius 3 is 3.06 bits per heavy atom. The standard InChI is InChI=1S/C12H21N5O/c1-9(10-4-5-15-16(10)3)17-7-6-14-8-11(17)12(18)13-2/h4-5,9,11,14H,6-8H2,1-3H3,(H,13,18). The molecule has 1 aliphatic heterocycles. The number of hydrogen-bond acceptors (Lipinski definition) is 4. The van der Waals surface area contributed by atoms with E-state index >= 15 is 0 Å². The quantitative estimate of drug-likeness (QED) is 0.760. The van der Waals surface area contributed by atoms with Gasteiger partial charge in [0.05, 0.1) is 5.69 Å². The summed E-state index contributed by atoms with van der Waals surface area (Å²) in [4.78, 5) is 14.1. The monoisotopic (exact) mass is 251 g/mol. The van der Waals surface area contributed by atoms with Crippen LogP contribution < -0.4 is 10.6 Å². The largest absolute Gasteiger partial charge is 0.358 e. The number of piperazine rings is 1. The summed E-state index contributed by atoms with van der Waals surface area (Å²) >= 11 is 0. The molecule has 2 rings (SSSR count). The van der Waals surface area contributed by atoms with Crippen molar-refractivity contribution in [1.82, 2.24) is 25.3 Å². The fraction of sp³-hybridized carbons (Fsp3) is 0.667. The molecular weight excluding hydrogens is 230 g/mol. The van der Waals surface area contributed by atoms with Crippen LogP contribution in [0.25, 0.3) is 0 Å². The van der Waals surface area contributed by atoms with Gasteiger partial charge in [-0.1, -0.05) is 0 Å². The number of carbonyl (C=O) groups is 1. The van der Waals surface area contributed by atoms with Gasteiger partial charge in [-0.15, -0.1) is 0 Å². The first-order chi connectivity index (χ1) is 8.65. The van der Waals surface area contributed by atoms with E-state index in [1.807, 2.05) is 17.8 Å². The highest BCUT2D eigenvalue weighted by atomic mass is 16.2. The molecule has 2 unspecified atom stereocenters. The van der Waals surface area contributed by atoms with Gasteiger partial charge >= 0.3 is 0 Å². The smallest absolute Gasteiger partial charge is 0.238 e. The van der Waals surface area contributed by atoms with Crippen molar-refractivity contribution in [2.24, 2.45) is 7.05 Å². The molecule has 2 N–H and O–H groups in total. The number of amides is 1. The number of aryl methyl sites for hydroxylation is 1. The van der Waals surface area contributed by atoms with Gasteiger partial charge in [-0.3, -0.25) is 14.4 Å². The zero-order valence-electron chi connectivity index (χ0n) is 11.2. The highest BCUT2D eigenvalue weighted by Crippen LogP contribution is 2.22. The van der Waals surface area contributed by atoms with Crippen molar-refractivity contribution >= 4 is 5.91 Å². The Kier molecular flexibility index (Phi) is 3.98. The van der Waals surface area contributed by atoms with E-state index in [0.717, 1.165) is 18.8 Å². The minimum atomic E-state index is -0.117. The molecule has 6 heteroatoms. The van der Waals surface area contributed by atoms with Gasteiger partial charge in [0.2, 0.25) is 5.91 Å². The van der Waals surface area contributed by atoms with Gasteiger partial charge in [-0.25, -0.2) is 0 Å². The first-order valence-corrected chi connectivity index (χ1v) is 6.31. The fourth-order valence-corrected chi connectivity index (χ4v) is 2.56. The third kappa shape index (κ3) is 2.39. The van der Waals surface area contributed by atoms with E-state index in [9.17, 15) is 4.79 Å². The summed E-state index contributed by atoms with van der Waals surface area (Å²) in [5.74, 6) is 0.0659. The molecule has 100 valence electrons. The maximum Gasteiger partial charge on any atom is 0.238 e. The number of carbonyl (C=O) groups excluding carboxylic acids is 1. The Hall–Kier alpha value is -1.40. The van der Waals surface area contributed by atoms with E-state index in [1.165, 1.54) is 0 Å². The maximum atomic E-state index is 11.9. The van der Waals surface area contributed by atoms with Gasteiger partial charge in [0.15, 0.2) is 0 Å². The van der Waals surface area contributed by atoms with E-state index in [2.05, 4.69) is 27.6 Å². The average Bonchev–Trinajstić information content (AvgIpc) is 2.83. The summed E-state index contributed by atoms with van der Waals surface area (Å²) in [6, 6.07) is 2.07. The molecule has 2 atom stereocenters. The summed E-state index contributed by atoms with van der Waals surface area (Å²) in [6.45, 7) is 4.60. The lowest BCUT2D eigenvalue weighted by atomic mass is 10.1. The second-order valence-corrected chi connectivity index (χ2v) is 4.63. The fourth-order valence-electron chi connectivity index (χ4n) is 2.56. The predicted molar refractivity (Wildman–Crippen MR) is 69.1 cm³/mol. The highest BCUT2D eigenvalue weighted by Gasteiger charge is 2.32. The van der Waals surface area contributed by atoms with Crippen LogP contribution in [-0.2, 0) is 11.8 Å². The Bertz CT molecular complexity index is 416. The first-order valence-electron chi connectivity index (χ1n) is 6.31. The number of rotatable bonds is 3. The molecule has 0 radical (unpaired) electrons. The summed E-state index contributed by atoms with van der Waals surface area (Å²) in [7, 11) is 3.62. The van der Waals surface area contributed by atoms with Crippen molar-refractivity contribution in [1.29, 1.82) is 0 Å². The van der Waals surface area contributed by atoms with Crippen molar-refractivity contribution < 1.29 is 4.79 Å². The molecule has 0 saturated carbocycles. The first kappa shape index (κ1) is 13.0. The van der Waals surface area contributed by atoms with Gasteiger partial charge in [0, 0.05) is 46.0 Å². The van der Waals surface area contributed by atoms with E-state index in [-0.39, 0.29) is 18.0 Å². The van der Waals surface area contributed by atoms with E-state index < -0.39 is 0 Å². The molecular formula is C12H21N5O. The Morgan fingerprint density at radius 2 is 2.44 bits per heavy atom. The van der Waals surface area contributed by atoms with E-state index in [4.69, 9.17) is 0 Å². The van der Waals surface area contributed by atoms with Crippen molar-refractivity contribution in [3.8, 4) is 0 Å². The SMILES string of the molecule is CNC(=O)C1CNCCN1C(C)c1ccnn1C. The summed E-state index contributed by atoms with van der Waals surface area (Å²) in [5, 5.41) is 10.2. The highest BCUT2D eigenvalue weighted by molar-refractivity contribution is 5.81. The minimum Gasteiger partial charge on any atom is -0.358 e. The number of nitrogens with one attached hydrogen (secondary N) is 2. The van der Waals surface area contributed by atoms with Crippen LogP contribution in [0, 0.1) is 0 Å². The molecule has 0 spiro atoms. The summed E-state index contributed by atoms with van der Waals surface area (Å²) in [5.41, 5.74) is 1.13.